The van der Waals surface area contributed by atoms with Crippen LogP contribution < -0.4 is 5.73 Å². The summed E-state index contributed by atoms with van der Waals surface area (Å²) in [6.45, 7) is 0. The fourth-order valence-electron chi connectivity index (χ4n) is 0.410. The topological polar surface area (TPSA) is 104 Å². The number of carbonyl (C=O) groups excluding carboxylic acids is 1. The van der Waals surface area contributed by atoms with Crippen molar-refractivity contribution in [1.29, 1.82) is 0 Å². The maximum Gasteiger partial charge on any atom is 0.285 e. The Morgan fingerprint density at radius 2 is 1.83 bits per heavy atom. The molecular weight excluding hydrogens is 418 g/mol. The van der Waals surface area contributed by atoms with Gasteiger partial charge >= 0.3 is 0 Å². The Labute approximate surface area is 137 Å². The SMILES string of the molecule is [NH-]C(CCC(N)=O)C(=O)O.[Pr].[Pr]. The smallest absolute Gasteiger partial charge is 0.285 e. The second-order valence-corrected chi connectivity index (χ2v) is 1.90. The van der Waals surface area contributed by atoms with Crippen molar-refractivity contribution < 1.29 is 97.3 Å². The van der Waals surface area contributed by atoms with Crippen molar-refractivity contribution in [1.82, 2.24) is 0 Å². The number of nitrogens with two attached hydrogens (primary N) is 1. The van der Waals surface area contributed by atoms with Crippen molar-refractivity contribution in [2.45, 2.75) is 18.9 Å². The summed E-state index contributed by atoms with van der Waals surface area (Å²) in [6, 6.07) is -1.23. The first kappa shape index (κ1) is 19.2. The van der Waals surface area contributed by atoms with E-state index in [2.05, 4.69) is 0 Å². The van der Waals surface area contributed by atoms with Crippen molar-refractivity contribution in [2.24, 2.45) is 5.73 Å². The van der Waals surface area contributed by atoms with Crippen LogP contribution in [0.15, 0.2) is 0 Å². The predicted molar refractivity (Wildman–Crippen MR) is 34.2 cm³/mol. The molecule has 0 spiro atoms. The maximum absolute atomic E-state index is 10.1. The zero-order valence-electron chi connectivity index (χ0n) is 6.49. The summed E-state index contributed by atoms with van der Waals surface area (Å²) in [4.78, 5) is 20.0. The molecule has 0 rings (SSSR count). The van der Waals surface area contributed by atoms with Crippen LogP contribution in [-0.4, -0.2) is 23.0 Å². The van der Waals surface area contributed by atoms with Gasteiger partial charge in [0.25, 0.3) is 5.97 Å². The van der Waals surface area contributed by atoms with Crippen molar-refractivity contribution in [3.8, 4) is 0 Å². The van der Waals surface area contributed by atoms with Crippen LogP contribution in [-0.2, 0) is 9.59 Å². The van der Waals surface area contributed by atoms with E-state index in [1.807, 2.05) is 0 Å². The summed E-state index contributed by atoms with van der Waals surface area (Å²) in [6.07, 6.45) is -0.0505. The van der Waals surface area contributed by atoms with E-state index in [0.717, 1.165) is 0 Å². The third kappa shape index (κ3) is 11.6. The molecule has 0 aliphatic carbocycles. The number of hydrogen-bond acceptors (Lipinski definition) is 2. The first-order valence-electron chi connectivity index (χ1n) is 2.76. The Hall–Kier alpha value is 1.63. The van der Waals surface area contributed by atoms with Gasteiger partial charge in [0.15, 0.2) is 0 Å². The largest absolute Gasteiger partial charge is 0.665 e. The maximum atomic E-state index is 10.1. The van der Waals surface area contributed by atoms with Crippen LogP contribution >= 0.6 is 0 Å². The summed E-state index contributed by atoms with van der Waals surface area (Å²) in [5, 5.41) is 8.16. The molecule has 64 valence electrons. The molecule has 1 atom stereocenters. The molecule has 1 amide bonds. The van der Waals surface area contributed by atoms with E-state index in [9.17, 15) is 9.59 Å². The van der Waals surface area contributed by atoms with E-state index in [0.29, 0.717) is 0 Å². The Bertz CT molecular complexity index is 154. The van der Waals surface area contributed by atoms with Gasteiger partial charge in [-0.1, -0.05) is 6.42 Å². The molecule has 0 bridgehead atoms. The Kier molecular flexibility index (Phi) is 17.2. The number of amides is 1. The van der Waals surface area contributed by atoms with E-state index < -0.39 is 17.9 Å². The van der Waals surface area contributed by atoms with Gasteiger partial charge in [0.1, 0.15) is 0 Å². The molecule has 7 heteroatoms. The molecule has 0 aliphatic rings. The number of hydrogen-bond donors (Lipinski definition) is 2. The van der Waals surface area contributed by atoms with Gasteiger partial charge in [0.05, 0.1) is 0 Å². The minimum atomic E-state index is -1.23. The molecule has 12 heavy (non-hydrogen) atoms. The summed E-state index contributed by atoms with van der Waals surface area (Å²) >= 11 is 0. The van der Waals surface area contributed by atoms with Crippen LogP contribution in [0.25, 0.3) is 5.73 Å². The van der Waals surface area contributed by atoms with Crippen LogP contribution in [0.4, 0.5) is 0 Å². The van der Waals surface area contributed by atoms with E-state index in [-0.39, 0.29) is 95.4 Å². The summed E-state index contributed by atoms with van der Waals surface area (Å²) in [7, 11) is 0. The molecule has 0 heterocycles. The fourth-order valence-corrected chi connectivity index (χ4v) is 0.410. The third-order valence-corrected chi connectivity index (χ3v) is 0.978. The molecule has 0 saturated carbocycles. The molecule has 0 saturated heterocycles. The summed E-state index contributed by atoms with van der Waals surface area (Å²) < 4.78 is 0. The quantitative estimate of drug-likeness (QED) is 0.648. The van der Waals surface area contributed by atoms with Gasteiger partial charge in [-0.25, -0.2) is 0 Å². The van der Waals surface area contributed by atoms with Gasteiger partial charge in [-0.05, 0) is 6.04 Å². The molecule has 1 unspecified atom stereocenters. The number of rotatable bonds is 4. The molecule has 2 radical (unpaired) electrons. The Morgan fingerprint density at radius 3 is 2.08 bits per heavy atom. The van der Waals surface area contributed by atoms with Crippen LogP contribution in [0.5, 0.6) is 0 Å². The molecule has 0 fully saturated rings. The molecule has 4 N–H and O–H groups in total. The van der Waals surface area contributed by atoms with Crippen molar-refractivity contribution in [3.05, 3.63) is 5.73 Å². The summed E-state index contributed by atoms with van der Waals surface area (Å²) in [5.74, 6) is -1.79. The number of aliphatic carboxylic acids is 1. The minimum absolute atomic E-state index is 0. The first-order valence-corrected chi connectivity index (χ1v) is 2.76. The van der Waals surface area contributed by atoms with Gasteiger partial charge in [0, 0.05) is 89.0 Å². The molecular formula is C5H9N2O3Pr2-. The van der Waals surface area contributed by atoms with Crippen molar-refractivity contribution in [3.63, 3.8) is 0 Å². The van der Waals surface area contributed by atoms with Gasteiger partial charge in [-0.2, -0.15) is 0 Å². The second kappa shape index (κ2) is 10.7. The number of carbonyl (C=O) groups is 2. The van der Waals surface area contributed by atoms with E-state index in [1.165, 1.54) is 0 Å². The minimum Gasteiger partial charge on any atom is -0.665 e. The van der Waals surface area contributed by atoms with Crippen LogP contribution in [0.3, 0.4) is 0 Å². The van der Waals surface area contributed by atoms with Gasteiger partial charge in [-0.15, -0.1) is 0 Å². The van der Waals surface area contributed by atoms with Crippen molar-refractivity contribution in [2.75, 3.05) is 0 Å². The average molecular weight is 427 g/mol. The van der Waals surface area contributed by atoms with Gasteiger partial charge in [-0.3, -0.25) is 9.59 Å². The number of nitrogens with one attached hydrogen (secondary N) is 1. The van der Waals surface area contributed by atoms with Crippen LogP contribution in [0.2, 0.25) is 0 Å². The number of carboxylic acid groups (broad SMARTS) is 1. The fraction of sp³-hybridized carbons (Fsp3) is 0.600. The van der Waals surface area contributed by atoms with Crippen molar-refractivity contribution >= 4 is 11.9 Å². The van der Waals surface area contributed by atoms with Gasteiger partial charge in [0.2, 0.25) is 5.91 Å². The summed E-state index contributed by atoms with van der Waals surface area (Å²) in [5.41, 5.74) is 11.5. The Morgan fingerprint density at radius 1 is 1.42 bits per heavy atom. The number of carboxylic acids is 1. The average Bonchev–Trinajstić information content (AvgIpc) is 1.82. The van der Waals surface area contributed by atoms with Crippen LogP contribution in [0.1, 0.15) is 12.8 Å². The van der Waals surface area contributed by atoms with E-state index in [4.69, 9.17) is 16.6 Å². The number of primary amides is 1. The van der Waals surface area contributed by atoms with E-state index >= 15 is 0 Å². The first-order chi connectivity index (χ1) is 4.54. The normalized spacial score (nSPS) is 10.4. The molecule has 0 aromatic carbocycles. The van der Waals surface area contributed by atoms with Gasteiger partial charge < -0.3 is 16.6 Å². The monoisotopic (exact) mass is 427 g/mol. The second-order valence-electron chi connectivity index (χ2n) is 1.90. The standard InChI is InChI=1S/C5H9N2O3.2Pr/c6-3(5(9)10)1-2-4(7)8;;/h3,6H,1-2H2,(H2,7,8)(H,9,10);;/q-1;;. The zero-order valence-corrected chi connectivity index (χ0v) is 13.9. The van der Waals surface area contributed by atoms with E-state index in [1.54, 1.807) is 0 Å². The molecule has 0 aromatic rings. The third-order valence-electron chi connectivity index (χ3n) is 0.978. The Balaban J connectivity index is -0.000000405. The predicted octanol–water partition coefficient (Wildman–Crippen LogP) is -0.243. The zero-order chi connectivity index (χ0) is 8.15. The molecule has 0 aliphatic heterocycles. The van der Waals surface area contributed by atoms with Crippen LogP contribution in [0, 0.1) is 82.6 Å². The molecule has 0 aromatic heterocycles. The molecule has 5 nitrogen and oxygen atoms in total.